The van der Waals surface area contributed by atoms with Crippen molar-refractivity contribution in [3.8, 4) is 11.5 Å². The van der Waals surface area contributed by atoms with Crippen LogP contribution >= 0.6 is 24.0 Å². The van der Waals surface area contributed by atoms with Gasteiger partial charge in [0.05, 0.1) is 26.4 Å². The molecule has 3 rings (SSSR count). The maximum atomic E-state index is 5.66. The topological polar surface area (TPSA) is 73.3 Å². The molecular formula is C24H34IN3O4. The Labute approximate surface area is 207 Å². The first kappa shape index (κ1) is 26.2. The van der Waals surface area contributed by atoms with E-state index in [0.717, 1.165) is 54.7 Å². The normalized spacial score (nSPS) is 12.4. The molecule has 0 unspecified atom stereocenters. The minimum absolute atomic E-state index is 0. The van der Waals surface area contributed by atoms with E-state index in [4.69, 9.17) is 23.9 Å². The second kappa shape index (κ2) is 14.9. The van der Waals surface area contributed by atoms with E-state index in [-0.39, 0.29) is 24.0 Å². The smallest absolute Gasteiger partial charge is 0.231 e. The summed E-state index contributed by atoms with van der Waals surface area (Å²) in [5.74, 6) is 2.44. The highest BCUT2D eigenvalue weighted by atomic mass is 127. The fraction of sp³-hybridized carbons (Fsp3) is 0.458. The first-order valence-electron chi connectivity index (χ1n) is 10.9. The van der Waals surface area contributed by atoms with E-state index in [1.54, 1.807) is 0 Å². The van der Waals surface area contributed by atoms with Gasteiger partial charge in [0.1, 0.15) is 0 Å². The molecule has 0 atom stereocenters. The van der Waals surface area contributed by atoms with Gasteiger partial charge in [0.15, 0.2) is 17.5 Å². The van der Waals surface area contributed by atoms with E-state index < -0.39 is 0 Å². The van der Waals surface area contributed by atoms with Crippen LogP contribution in [0.4, 0.5) is 0 Å². The summed E-state index contributed by atoms with van der Waals surface area (Å²) in [6.45, 7) is 9.07. The Morgan fingerprint density at radius 3 is 2.59 bits per heavy atom. The molecule has 0 saturated heterocycles. The average molecular weight is 555 g/mol. The van der Waals surface area contributed by atoms with Crippen molar-refractivity contribution in [3.63, 3.8) is 0 Å². The summed E-state index contributed by atoms with van der Waals surface area (Å²) < 4.78 is 21.8. The molecule has 7 nitrogen and oxygen atoms in total. The van der Waals surface area contributed by atoms with Crippen molar-refractivity contribution in [2.24, 2.45) is 4.99 Å². The molecule has 0 radical (unpaired) electrons. The van der Waals surface area contributed by atoms with Gasteiger partial charge in [-0.15, -0.1) is 24.0 Å². The first-order chi connectivity index (χ1) is 15.3. The monoisotopic (exact) mass is 555 g/mol. The minimum Gasteiger partial charge on any atom is -0.454 e. The molecule has 0 amide bonds. The highest BCUT2D eigenvalue weighted by molar-refractivity contribution is 14.0. The summed E-state index contributed by atoms with van der Waals surface area (Å²) in [6.07, 6.45) is 0.871. The van der Waals surface area contributed by atoms with Gasteiger partial charge in [-0.1, -0.05) is 30.3 Å². The minimum atomic E-state index is 0. The number of ether oxygens (including phenoxy) is 4. The molecule has 1 heterocycles. The number of hydrogen-bond donors (Lipinski definition) is 2. The summed E-state index contributed by atoms with van der Waals surface area (Å²) in [4.78, 5) is 4.72. The standard InChI is InChI=1S/C24H33N3O4.HI/c1-3-25-24(26-11-10-19-8-9-22-23(15-19)31-18-30-22)27-16-20-6-5-7-21(14-20)17-29-13-12-28-4-2;/h5-9,14-15H,3-4,10-13,16-18H2,1-2H3,(H2,25,26,27);1H. The van der Waals surface area contributed by atoms with Crippen LogP contribution in [0, 0.1) is 0 Å². The Morgan fingerprint density at radius 2 is 1.75 bits per heavy atom. The Hall–Kier alpha value is -2.04. The zero-order valence-corrected chi connectivity index (χ0v) is 21.2. The predicted molar refractivity (Wildman–Crippen MR) is 137 cm³/mol. The molecule has 8 heteroatoms. The van der Waals surface area contributed by atoms with Gasteiger partial charge in [-0.25, -0.2) is 4.99 Å². The lowest BCUT2D eigenvalue weighted by atomic mass is 10.1. The summed E-state index contributed by atoms with van der Waals surface area (Å²) >= 11 is 0. The SMILES string of the molecule is CCNC(=NCc1cccc(COCCOCC)c1)NCCc1ccc2c(c1)OCO2.I. The largest absolute Gasteiger partial charge is 0.454 e. The van der Waals surface area contributed by atoms with E-state index in [2.05, 4.69) is 41.8 Å². The molecule has 1 aliphatic heterocycles. The summed E-state index contributed by atoms with van der Waals surface area (Å²) in [7, 11) is 0. The van der Waals surface area contributed by atoms with Crippen LogP contribution in [0.2, 0.25) is 0 Å². The number of halogens is 1. The molecule has 2 aromatic carbocycles. The number of aliphatic imine (C=N–C) groups is 1. The highest BCUT2D eigenvalue weighted by Crippen LogP contribution is 2.32. The van der Waals surface area contributed by atoms with Gasteiger partial charge in [0.25, 0.3) is 0 Å². The Bertz CT molecular complexity index is 848. The second-order valence-corrected chi connectivity index (χ2v) is 7.13. The maximum Gasteiger partial charge on any atom is 0.231 e. The molecule has 2 aromatic rings. The van der Waals surface area contributed by atoms with Crippen LogP contribution in [0.1, 0.15) is 30.5 Å². The van der Waals surface area contributed by atoms with E-state index >= 15 is 0 Å². The zero-order valence-electron chi connectivity index (χ0n) is 18.9. The number of hydrogen-bond acceptors (Lipinski definition) is 5. The van der Waals surface area contributed by atoms with Crippen molar-refractivity contribution in [2.45, 2.75) is 33.4 Å². The van der Waals surface area contributed by atoms with Crippen molar-refractivity contribution in [3.05, 3.63) is 59.2 Å². The van der Waals surface area contributed by atoms with Crippen molar-refractivity contribution < 1.29 is 18.9 Å². The van der Waals surface area contributed by atoms with Crippen LogP contribution < -0.4 is 20.1 Å². The molecule has 32 heavy (non-hydrogen) atoms. The molecular weight excluding hydrogens is 521 g/mol. The molecule has 176 valence electrons. The fourth-order valence-corrected chi connectivity index (χ4v) is 3.20. The van der Waals surface area contributed by atoms with Crippen LogP contribution in [-0.4, -0.2) is 45.7 Å². The Balaban J connectivity index is 0.00000363. The van der Waals surface area contributed by atoms with Gasteiger partial charge in [-0.2, -0.15) is 0 Å². The lowest BCUT2D eigenvalue weighted by molar-refractivity contribution is 0.0453. The van der Waals surface area contributed by atoms with E-state index in [1.165, 1.54) is 5.56 Å². The van der Waals surface area contributed by atoms with Crippen LogP contribution in [0.5, 0.6) is 11.5 Å². The summed E-state index contributed by atoms with van der Waals surface area (Å²) in [5.41, 5.74) is 3.49. The summed E-state index contributed by atoms with van der Waals surface area (Å²) in [5, 5.41) is 6.71. The average Bonchev–Trinajstić information content (AvgIpc) is 3.26. The number of fused-ring (bicyclic) bond motifs is 1. The molecule has 0 bridgehead atoms. The van der Waals surface area contributed by atoms with Gasteiger partial charge < -0.3 is 29.6 Å². The highest BCUT2D eigenvalue weighted by Gasteiger charge is 2.12. The Morgan fingerprint density at radius 1 is 0.938 bits per heavy atom. The molecule has 2 N–H and O–H groups in total. The van der Waals surface area contributed by atoms with Crippen LogP contribution in [0.15, 0.2) is 47.5 Å². The number of rotatable bonds is 12. The third-order valence-corrected chi connectivity index (χ3v) is 4.74. The molecule has 0 fully saturated rings. The van der Waals surface area contributed by atoms with Crippen molar-refractivity contribution in [2.75, 3.05) is 39.7 Å². The van der Waals surface area contributed by atoms with Gasteiger partial charge in [0.2, 0.25) is 6.79 Å². The molecule has 0 aliphatic carbocycles. The Kier molecular flexibility index (Phi) is 12.2. The van der Waals surface area contributed by atoms with Crippen LogP contribution in [-0.2, 0) is 29.0 Å². The van der Waals surface area contributed by atoms with Gasteiger partial charge >= 0.3 is 0 Å². The molecule has 0 spiro atoms. The molecule has 0 saturated carbocycles. The van der Waals surface area contributed by atoms with Crippen molar-refractivity contribution >= 4 is 29.9 Å². The summed E-state index contributed by atoms with van der Waals surface area (Å²) in [6, 6.07) is 14.4. The van der Waals surface area contributed by atoms with E-state index in [0.29, 0.717) is 33.2 Å². The van der Waals surface area contributed by atoms with Crippen molar-refractivity contribution in [1.82, 2.24) is 10.6 Å². The zero-order chi connectivity index (χ0) is 21.7. The van der Waals surface area contributed by atoms with Crippen molar-refractivity contribution in [1.29, 1.82) is 0 Å². The number of guanidine groups is 1. The third-order valence-electron chi connectivity index (χ3n) is 4.74. The predicted octanol–water partition coefficient (Wildman–Crippen LogP) is 3.88. The quantitative estimate of drug-likeness (QED) is 0.179. The van der Waals surface area contributed by atoms with E-state index in [1.807, 2.05) is 25.1 Å². The maximum absolute atomic E-state index is 5.66. The first-order valence-corrected chi connectivity index (χ1v) is 10.9. The van der Waals surface area contributed by atoms with E-state index in [9.17, 15) is 0 Å². The van der Waals surface area contributed by atoms with Gasteiger partial charge in [0, 0.05) is 19.7 Å². The number of benzene rings is 2. The number of nitrogens with one attached hydrogen (secondary N) is 2. The second-order valence-electron chi connectivity index (χ2n) is 7.13. The third kappa shape index (κ3) is 8.84. The lowest BCUT2D eigenvalue weighted by Crippen LogP contribution is -2.38. The van der Waals surface area contributed by atoms with Gasteiger partial charge in [-0.3, -0.25) is 0 Å². The van der Waals surface area contributed by atoms with Gasteiger partial charge in [-0.05, 0) is 49.1 Å². The fourth-order valence-electron chi connectivity index (χ4n) is 3.20. The van der Waals surface area contributed by atoms with Crippen LogP contribution in [0.25, 0.3) is 0 Å². The molecule has 0 aromatic heterocycles. The molecule has 1 aliphatic rings. The lowest BCUT2D eigenvalue weighted by Gasteiger charge is -2.12. The number of nitrogens with zero attached hydrogens (tertiary/aromatic N) is 1. The van der Waals surface area contributed by atoms with Crippen LogP contribution in [0.3, 0.4) is 0 Å².